The summed E-state index contributed by atoms with van der Waals surface area (Å²) in [6, 6.07) is 9.14. The number of likely N-dealkylation sites (tertiary alicyclic amines) is 1. The molecule has 2 heteroatoms. The summed E-state index contributed by atoms with van der Waals surface area (Å²) in [7, 11) is 0. The maximum absolute atomic E-state index is 2.54. The van der Waals surface area contributed by atoms with Gasteiger partial charge in [-0.2, -0.15) is 0 Å². The summed E-state index contributed by atoms with van der Waals surface area (Å²) in [6.07, 6.45) is 0. The van der Waals surface area contributed by atoms with Crippen LogP contribution in [-0.4, -0.2) is 37.6 Å². The van der Waals surface area contributed by atoms with Crippen LogP contribution >= 0.6 is 0 Å². The van der Waals surface area contributed by atoms with E-state index < -0.39 is 0 Å². The number of rotatable bonds is 3. The first-order valence-electron chi connectivity index (χ1n) is 7.19. The Hall–Kier alpha value is -1.02. The zero-order chi connectivity index (χ0) is 12.8. The van der Waals surface area contributed by atoms with Crippen molar-refractivity contribution in [3.05, 3.63) is 29.8 Å². The van der Waals surface area contributed by atoms with E-state index in [1.54, 1.807) is 0 Å². The lowest BCUT2D eigenvalue weighted by Crippen LogP contribution is -2.72. The van der Waals surface area contributed by atoms with Crippen LogP contribution in [0.25, 0.3) is 0 Å². The first-order valence-corrected chi connectivity index (χ1v) is 7.19. The smallest absolute Gasteiger partial charge is 0.0366 e. The van der Waals surface area contributed by atoms with Crippen molar-refractivity contribution in [3.8, 4) is 0 Å². The maximum Gasteiger partial charge on any atom is 0.0366 e. The normalized spacial score (nSPS) is 22.1. The summed E-state index contributed by atoms with van der Waals surface area (Å²) in [5, 5.41) is 0. The zero-order valence-corrected chi connectivity index (χ0v) is 11.8. The fraction of sp³-hybridized carbons (Fsp3) is 0.625. The van der Waals surface area contributed by atoms with Gasteiger partial charge in [0.2, 0.25) is 0 Å². The van der Waals surface area contributed by atoms with Gasteiger partial charge in [-0.3, -0.25) is 0 Å². The Morgan fingerprint density at radius 1 is 1.06 bits per heavy atom. The Morgan fingerprint density at radius 2 is 1.67 bits per heavy atom. The van der Waals surface area contributed by atoms with Crippen molar-refractivity contribution in [2.75, 3.05) is 37.6 Å². The summed E-state index contributed by atoms with van der Waals surface area (Å²) in [4.78, 5) is 5.07. The monoisotopic (exact) mass is 244 g/mol. The van der Waals surface area contributed by atoms with Gasteiger partial charge in [-0.15, -0.1) is 0 Å². The van der Waals surface area contributed by atoms with E-state index in [1.165, 1.54) is 44.0 Å². The molecule has 3 rings (SSSR count). The number of anilines is 1. The van der Waals surface area contributed by atoms with Crippen LogP contribution < -0.4 is 4.90 Å². The minimum atomic E-state index is 0.631. The minimum Gasteiger partial charge on any atom is -0.370 e. The van der Waals surface area contributed by atoms with Crippen LogP contribution in [0.15, 0.2) is 24.3 Å². The molecular weight excluding hydrogens is 220 g/mol. The third-order valence-electron chi connectivity index (χ3n) is 4.54. The van der Waals surface area contributed by atoms with Crippen molar-refractivity contribution < 1.29 is 0 Å². The van der Waals surface area contributed by atoms with Crippen LogP contribution in [0.2, 0.25) is 0 Å². The molecule has 1 spiro atoms. The highest BCUT2D eigenvalue weighted by molar-refractivity contribution is 5.51. The van der Waals surface area contributed by atoms with Gasteiger partial charge in [0.15, 0.2) is 0 Å². The van der Waals surface area contributed by atoms with Crippen molar-refractivity contribution in [1.82, 2.24) is 4.90 Å². The van der Waals surface area contributed by atoms with Gasteiger partial charge in [0.25, 0.3) is 0 Å². The molecule has 0 N–H and O–H groups in total. The van der Waals surface area contributed by atoms with Crippen LogP contribution in [-0.2, 0) is 0 Å². The van der Waals surface area contributed by atoms with Crippen LogP contribution in [0.4, 0.5) is 5.69 Å². The fourth-order valence-electron chi connectivity index (χ4n) is 3.34. The molecule has 0 aliphatic carbocycles. The van der Waals surface area contributed by atoms with Crippen LogP contribution in [0.5, 0.6) is 0 Å². The summed E-state index contributed by atoms with van der Waals surface area (Å²) < 4.78 is 0. The second-order valence-corrected chi connectivity index (χ2v) is 6.41. The number of benzene rings is 1. The molecule has 0 unspecified atom stereocenters. The molecule has 18 heavy (non-hydrogen) atoms. The van der Waals surface area contributed by atoms with E-state index in [4.69, 9.17) is 0 Å². The lowest BCUT2D eigenvalue weighted by molar-refractivity contribution is -0.0177. The van der Waals surface area contributed by atoms with Crippen LogP contribution in [0, 0.1) is 5.41 Å². The Balaban J connectivity index is 1.58. The van der Waals surface area contributed by atoms with Crippen LogP contribution in [0.1, 0.15) is 32.3 Å². The quantitative estimate of drug-likeness (QED) is 0.806. The summed E-state index contributed by atoms with van der Waals surface area (Å²) in [6.45, 7) is 13.1. The molecule has 2 aliphatic rings. The molecule has 2 fully saturated rings. The second kappa shape index (κ2) is 4.27. The van der Waals surface area contributed by atoms with Gasteiger partial charge >= 0.3 is 0 Å². The molecule has 2 nitrogen and oxygen atoms in total. The Kier molecular flexibility index (Phi) is 2.86. The van der Waals surface area contributed by atoms with Crippen molar-refractivity contribution in [1.29, 1.82) is 0 Å². The lowest BCUT2D eigenvalue weighted by Gasteiger charge is -2.61. The van der Waals surface area contributed by atoms with Crippen LogP contribution in [0.3, 0.4) is 0 Å². The molecule has 0 atom stereocenters. The van der Waals surface area contributed by atoms with E-state index in [0.717, 1.165) is 0 Å². The van der Waals surface area contributed by atoms with Gasteiger partial charge in [0.05, 0.1) is 0 Å². The van der Waals surface area contributed by atoms with Crippen molar-refractivity contribution in [2.45, 2.75) is 26.7 Å². The van der Waals surface area contributed by atoms with Crippen molar-refractivity contribution in [2.24, 2.45) is 5.41 Å². The second-order valence-electron chi connectivity index (χ2n) is 6.41. The number of nitrogens with zero attached hydrogens (tertiary/aromatic N) is 2. The van der Waals surface area contributed by atoms with E-state index in [9.17, 15) is 0 Å². The lowest BCUT2D eigenvalue weighted by atomic mass is 9.72. The molecule has 2 aliphatic heterocycles. The first kappa shape index (κ1) is 12.0. The Bertz CT molecular complexity index is 407. The van der Waals surface area contributed by atoms with Crippen molar-refractivity contribution in [3.63, 3.8) is 0 Å². The number of hydrogen-bond donors (Lipinski definition) is 0. The van der Waals surface area contributed by atoms with Gasteiger partial charge in [0.1, 0.15) is 0 Å². The fourth-order valence-corrected chi connectivity index (χ4v) is 3.34. The molecule has 0 radical (unpaired) electrons. The average Bonchev–Trinajstić information content (AvgIpc) is 2.26. The van der Waals surface area contributed by atoms with Gasteiger partial charge in [-0.1, -0.05) is 32.9 Å². The molecule has 98 valence electrons. The molecular formula is C16H24N2. The van der Waals surface area contributed by atoms with Gasteiger partial charge in [-0.05, 0) is 30.2 Å². The molecule has 2 heterocycles. The Labute approximate surface area is 111 Å². The number of hydrogen-bond acceptors (Lipinski definition) is 2. The summed E-state index contributed by atoms with van der Waals surface area (Å²) >= 11 is 0. The predicted molar refractivity (Wildman–Crippen MR) is 77.3 cm³/mol. The molecule has 1 aromatic rings. The van der Waals surface area contributed by atoms with Gasteiger partial charge < -0.3 is 9.80 Å². The highest BCUT2D eigenvalue weighted by Crippen LogP contribution is 2.41. The van der Waals surface area contributed by atoms with Gasteiger partial charge in [-0.25, -0.2) is 0 Å². The van der Waals surface area contributed by atoms with Crippen molar-refractivity contribution >= 4 is 5.69 Å². The summed E-state index contributed by atoms with van der Waals surface area (Å²) in [5.74, 6) is 0.631. The highest BCUT2D eigenvalue weighted by atomic mass is 15.3. The zero-order valence-electron chi connectivity index (χ0n) is 11.8. The third-order valence-corrected chi connectivity index (χ3v) is 4.54. The SMILES string of the molecule is CCN1CC2(C1)CN(c1ccc(C(C)C)cc1)C2. The largest absolute Gasteiger partial charge is 0.370 e. The predicted octanol–water partition coefficient (Wildman–Crippen LogP) is 2.95. The first-order chi connectivity index (χ1) is 8.62. The standard InChI is InChI=1S/C16H24N2/c1-4-17-9-16(10-17)11-18(12-16)15-7-5-14(6-8-15)13(2)3/h5-8,13H,4,9-12H2,1-3H3. The van der Waals surface area contributed by atoms with E-state index in [2.05, 4.69) is 54.8 Å². The molecule has 0 amide bonds. The molecule has 0 aromatic heterocycles. The van der Waals surface area contributed by atoms with Gasteiger partial charge in [0, 0.05) is 37.3 Å². The minimum absolute atomic E-state index is 0.631. The molecule has 0 bridgehead atoms. The topological polar surface area (TPSA) is 6.48 Å². The average molecular weight is 244 g/mol. The van der Waals surface area contributed by atoms with E-state index in [1.807, 2.05) is 0 Å². The van der Waals surface area contributed by atoms with E-state index >= 15 is 0 Å². The maximum atomic E-state index is 2.54. The molecule has 1 aromatic carbocycles. The summed E-state index contributed by atoms with van der Waals surface area (Å²) in [5.41, 5.74) is 3.47. The highest BCUT2D eigenvalue weighted by Gasteiger charge is 2.50. The van der Waals surface area contributed by atoms with E-state index in [0.29, 0.717) is 11.3 Å². The molecule has 0 saturated carbocycles. The molecule has 2 saturated heterocycles. The Morgan fingerprint density at radius 3 is 2.17 bits per heavy atom. The third kappa shape index (κ3) is 1.93. The van der Waals surface area contributed by atoms with E-state index in [-0.39, 0.29) is 0 Å².